The lowest BCUT2D eigenvalue weighted by atomic mass is 10.1. The van der Waals surface area contributed by atoms with E-state index in [0.29, 0.717) is 5.95 Å². The smallest absolute Gasteiger partial charge is 0.322 e. The van der Waals surface area contributed by atoms with Gasteiger partial charge in [-0.25, -0.2) is 0 Å². The summed E-state index contributed by atoms with van der Waals surface area (Å²) in [6, 6.07) is 0.244. The van der Waals surface area contributed by atoms with E-state index in [4.69, 9.17) is 16.3 Å². The molecule has 0 spiro atoms. The molecule has 6 heteroatoms. The molecule has 88 valence electrons. The van der Waals surface area contributed by atoms with Crippen LogP contribution in [0.1, 0.15) is 25.7 Å². The SMILES string of the molecule is COc1nc(Cl)nc(NCC2CCCC2)n1. The monoisotopic (exact) mass is 242 g/mol. The predicted molar refractivity (Wildman–Crippen MR) is 61.8 cm³/mol. The Kier molecular flexibility index (Phi) is 3.77. The number of anilines is 1. The molecule has 1 aromatic heterocycles. The molecule has 1 fully saturated rings. The van der Waals surface area contributed by atoms with Crippen molar-refractivity contribution in [3.05, 3.63) is 5.28 Å². The molecule has 1 aliphatic carbocycles. The fourth-order valence-corrected chi connectivity index (χ4v) is 2.10. The van der Waals surface area contributed by atoms with Crippen molar-refractivity contribution in [2.75, 3.05) is 19.0 Å². The van der Waals surface area contributed by atoms with Crippen LogP contribution in [0.2, 0.25) is 5.28 Å². The first-order chi connectivity index (χ1) is 7.78. The van der Waals surface area contributed by atoms with Gasteiger partial charge in [0.05, 0.1) is 7.11 Å². The van der Waals surface area contributed by atoms with Crippen molar-refractivity contribution in [2.24, 2.45) is 5.92 Å². The second-order valence-electron chi connectivity index (χ2n) is 3.95. The fraction of sp³-hybridized carbons (Fsp3) is 0.700. The molecule has 1 heterocycles. The highest BCUT2D eigenvalue weighted by Crippen LogP contribution is 2.24. The third-order valence-corrected chi connectivity index (χ3v) is 2.96. The summed E-state index contributed by atoms with van der Waals surface area (Å²) in [6.45, 7) is 0.892. The first-order valence-electron chi connectivity index (χ1n) is 5.47. The van der Waals surface area contributed by atoms with Crippen LogP contribution in [0, 0.1) is 5.92 Å². The lowest BCUT2D eigenvalue weighted by molar-refractivity contribution is 0.378. The van der Waals surface area contributed by atoms with Crippen LogP contribution in [0.3, 0.4) is 0 Å². The molecule has 2 rings (SSSR count). The zero-order valence-electron chi connectivity index (χ0n) is 9.24. The summed E-state index contributed by atoms with van der Waals surface area (Å²) in [4.78, 5) is 11.9. The summed E-state index contributed by atoms with van der Waals surface area (Å²) < 4.78 is 4.92. The van der Waals surface area contributed by atoms with Gasteiger partial charge in [0.1, 0.15) is 0 Å². The summed E-state index contributed by atoms with van der Waals surface area (Å²) in [7, 11) is 1.51. The molecule has 0 aromatic carbocycles. The molecule has 1 saturated carbocycles. The molecule has 0 radical (unpaired) electrons. The summed E-state index contributed by atoms with van der Waals surface area (Å²) in [5.41, 5.74) is 0. The highest BCUT2D eigenvalue weighted by molar-refractivity contribution is 6.28. The zero-order valence-corrected chi connectivity index (χ0v) is 10.00. The van der Waals surface area contributed by atoms with E-state index in [2.05, 4.69) is 20.3 Å². The third-order valence-electron chi connectivity index (χ3n) is 2.79. The Morgan fingerprint density at radius 2 is 2.06 bits per heavy atom. The molecule has 0 atom stereocenters. The maximum atomic E-state index is 5.74. The van der Waals surface area contributed by atoms with E-state index in [1.807, 2.05) is 0 Å². The van der Waals surface area contributed by atoms with Gasteiger partial charge in [0.2, 0.25) is 11.2 Å². The molecule has 5 nitrogen and oxygen atoms in total. The van der Waals surface area contributed by atoms with Crippen LogP contribution in [-0.2, 0) is 0 Å². The molecule has 1 aliphatic rings. The molecule has 0 saturated heterocycles. The predicted octanol–water partition coefficient (Wildman–Crippen LogP) is 2.14. The Bertz CT molecular complexity index is 355. The van der Waals surface area contributed by atoms with Gasteiger partial charge in [-0.2, -0.15) is 15.0 Å². The van der Waals surface area contributed by atoms with Gasteiger partial charge in [0.25, 0.3) is 0 Å². The van der Waals surface area contributed by atoms with Gasteiger partial charge in [-0.15, -0.1) is 0 Å². The van der Waals surface area contributed by atoms with Gasteiger partial charge in [-0.1, -0.05) is 12.8 Å². The van der Waals surface area contributed by atoms with E-state index in [-0.39, 0.29) is 11.3 Å². The molecule has 1 N–H and O–H groups in total. The Balaban J connectivity index is 1.94. The van der Waals surface area contributed by atoms with Crippen molar-refractivity contribution in [1.82, 2.24) is 15.0 Å². The number of ether oxygens (including phenoxy) is 1. The average Bonchev–Trinajstić information content (AvgIpc) is 2.78. The minimum absolute atomic E-state index is 0.153. The van der Waals surface area contributed by atoms with Crippen LogP contribution in [0.25, 0.3) is 0 Å². The minimum atomic E-state index is 0.153. The Morgan fingerprint density at radius 3 is 2.75 bits per heavy atom. The van der Waals surface area contributed by atoms with E-state index in [1.54, 1.807) is 0 Å². The number of hydrogen-bond acceptors (Lipinski definition) is 5. The van der Waals surface area contributed by atoms with E-state index in [9.17, 15) is 0 Å². The lowest BCUT2D eigenvalue weighted by Crippen LogP contribution is -2.13. The van der Waals surface area contributed by atoms with Crippen molar-refractivity contribution < 1.29 is 4.74 Å². The molecule has 1 aromatic rings. The Labute approximate surface area is 99.6 Å². The molecule has 0 unspecified atom stereocenters. The van der Waals surface area contributed by atoms with Crippen LogP contribution < -0.4 is 10.1 Å². The number of hydrogen-bond donors (Lipinski definition) is 1. The molecule has 0 amide bonds. The number of halogens is 1. The summed E-state index contributed by atoms with van der Waals surface area (Å²) in [5.74, 6) is 1.21. The van der Waals surface area contributed by atoms with Crippen LogP contribution in [0.5, 0.6) is 6.01 Å². The second-order valence-corrected chi connectivity index (χ2v) is 4.28. The van der Waals surface area contributed by atoms with Gasteiger partial charge in [-0.3, -0.25) is 0 Å². The fourth-order valence-electron chi connectivity index (χ4n) is 1.95. The lowest BCUT2D eigenvalue weighted by Gasteiger charge is -2.10. The number of rotatable bonds is 4. The normalized spacial score (nSPS) is 16.4. The van der Waals surface area contributed by atoms with Crippen LogP contribution in [0.15, 0.2) is 0 Å². The first kappa shape index (κ1) is 11.4. The minimum Gasteiger partial charge on any atom is -0.467 e. The van der Waals surface area contributed by atoms with Crippen LogP contribution >= 0.6 is 11.6 Å². The van der Waals surface area contributed by atoms with E-state index in [1.165, 1.54) is 32.8 Å². The average molecular weight is 243 g/mol. The topological polar surface area (TPSA) is 59.9 Å². The van der Waals surface area contributed by atoms with E-state index >= 15 is 0 Å². The van der Waals surface area contributed by atoms with Gasteiger partial charge < -0.3 is 10.1 Å². The van der Waals surface area contributed by atoms with Crippen molar-refractivity contribution in [2.45, 2.75) is 25.7 Å². The molecule has 0 bridgehead atoms. The number of methoxy groups -OCH3 is 1. The number of aromatic nitrogens is 3. The molecular weight excluding hydrogens is 228 g/mol. The maximum Gasteiger partial charge on any atom is 0.322 e. The third kappa shape index (κ3) is 2.95. The standard InChI is InChI=1S/C10H15ClN4O/c1-16-10-14-8(11)13-9(15-10)12-6-7-4-2-3-5-7/h7H,2-6H2,1H3,(H,12,13,14,15). The van der Waals surface area contributed by atoms with Crippen molar-refractivity contribution in [3.8, 4) is 6.01 Å². The molecule has 0 aliphatic heterocycles. The summed E-state index contributed by atoms with van der Waals surface area (Å²) >= 11 is 5.74. The van der Waals surface area contributed by atoms with Gasteiger partial charge in [0.15, 0.2) is 0 Å². The van der Waals surface area contributed by atoms with Crippen LogP contribution in [0.4, 0.5) is 5.95 Å². The van der Waals surface area contributed by atoms with Crippen molar-refractivity contribution in [1.29, 1.82) is 0 Å². The van der Waals surface area contributed by atoms with Crippen molar-refractivity contribution >= 4 is 17.5 Å². The molecular formula is C10H15ClN4O. The maximum absolute atomic E-state index is 5.74. The highest BCUT2D eigenvalue weighted by atomic mass is 35.5. The van der Waals surface area contributed by atoms with Crippen molar-refractivity contribution in [3.63, 3.8) is 0 Å². The zero-order chi connectivity index (χ0) is 11.4. The number of nitrogens with zero attached hydrogens (tertiary/aromatic N) is 3. The second kappa shape index (κ2) is 5.30. The summed E-state index contributed by atoms with van der Waals surface area (Å²) in [5, 5.41) is 3.33. The summed E-state index contributed by atoms with van der Waals surface area (Å²) in [6.07, 6.45) is 5.22. The van der Waals surface area contributed by atoms with Gasteiger partial charge in [-0.05, 0) is 30.4 Å². The number of nitrogens with one attached hydrogen (secondary N) is 1. The largest absolute Gasteiger partial charge is 0.467 e. The quantitative estimate of drug-likeness (QED) is 0.877. The van der Waals surface area contributed by atoms with E-state index < -0.39 is 0 Å². The van der Waals surface area contributed by atoms with Gasteiger partial charge >= 0.3 is 6.01 Å². The Morgan fingerprint density at radius 1 is 1.31 bits per heavy atom. The molecule has 16 heavy (non-hydrogen) atoms. The van der Waals surface area contributed by atoms with Crippen LogP contribution in [-0.4, -0.2) is 28.6 Å². The van der Waals surface area contributed by atoms with Gasteiger partial charge in [0, 0.05) is 6.54 Å². The Hall–Kier alpha value is -1.10. The van der Waals surface area contributed by atoms with E-state index in [0.717, 1.165) is 12.5 Å². The first-order valence-corrected chi connectivity index (χ1v) is 5.85. The highest BCUT2D eigenvalue weighted by Gasteiger charge is 2.15.